The highest BCUT2D eigenvalue weighted by Crippen LogP contribution is 2.34. The van der Waals surface area contributed by atoms with Crippen molar-refractivity contribution in [3.05, 3.63) is 15.6 Å². The molecule has 2 heterocycles. The summed E-state index contributed by atoms with van der Waals surface area (Å²) in [5.74, 6) is 0.521. The summed E-state index contributed by atoms with van der Waals surface area (Å²) < 4.78 is 74.1. The van der Waals surface area contributed by atoms with Crippen LogP contribution in [0.4, 0.5) is 26.3 Å². The van der Waals surface area contributed by atoms with Gasteiger partial charge in [-0.15, -0.1) is 11.3 Å². The van der Waals surface area contributed by atoms with Crippen LogP contribution in [0.1, 0.15) is 73.4 Å². The fourth-order valence-corrected chi connectivity index (χ4v) is 5.94. The number of carbonyl (C=O) groups excluding carboxylic acids is 1. The molecule has 188 valence electrons. The van der Waals surface area contributed by atoms with Crippen molar-refractivity contribution in [1.82, 2.24) is 9.88 Å². The monoisotopic (exact) mass is 498 g/mol. The van der Waals surface area contributed by atoms with Crippen LogP contribution < -0.4 is 0 Å². The molecule has 3 nitrogen and oxygen atoms in total. The van der Waals surface area contributed by atoms with E-state index in [0.717, 1.165) is 75.2 Å². The predicted molar refractivity (Wildman–Crippen MR) is 115 cm³/mol. The topological polar surface area (TPSA) is 33.2 Å². The lowest BCUT2D eigenvalue weighted by Gasteiger charge is -2.30. The maximum absolute atomic E-state index is 12.4. The van der Waals surface area contributed by atoms with Crippen molar-refractivity contribution >= 4 is 17.1 Å². The normalized spacial score (nSPS) is 22.7. The molecule has 1 aromatic heterocycles. The van der Waals surface area contributed by atoms with Gasteiger partial charge in [-0.1, -0.05) is 12.8 Å². The van der Waals surface area contributed by atoms with Gasteiger partial charge >= 0.3 is 12.4 Å². The Balaban J connectivity index is 1.33. The lowest BCUT2D eigenvalue weighted by Crippen LogP contribution is -2.30. The van der Waals surface area contributed by atoms with Crippen molar-refractivity contribution in [3.8, 4) is 0 Å². The number of thiazole rings is 1. The van der Waals surface area contributed by atoms with Crippen molar-refractivity contribution in [2.45, 2.75) is 89.4 Å². The first kappa shape index (κ1) is 26.4. The van der Waals surface area contributed by atoms with Crippen LogP contribution in [0, 0.1) is 11.8 Å². The van der Waals surface area contributed by atoms with Crippen molar-refractivity contribution < 1.29 is 31.1 Å². The van der Waals surface area contributed by atoms with E-state index in [1.807, 2.05) is 0 Å². The summed E-state index contributed by atoms with van der Waals surface area (Å²) in [6, 6.07) is 0. The van der Waals surface area contributed by atoms with Gasteiger partial charge in [0.25, 0.3) is 0 Å². The van der Waals surface area contributed by atoms with Crippen LogP contribution in [-0.4, -0.2) is 47.7 Å². The van der Waals surface area contributed by atoms with Gasteiger partial charge in [-0.3, -0.25) is 4.79 Å². The first-order valence-electron chi connectivity index (χ1n) is 11.8. The number of alkyl halides is 6. The molecule has 10 heteroatoms. The molecule has 2 aliphatic rings. The Morgan fingerprint density at radius 2 is 1.58 bits per heavy atom. The molecule has 0 aromatic carbocycles. The fourth-order valence-electron chi connectivity index (χ4n) is 4.84. The van der Waals surface area contributed by atoms with Crippen LogP contribution in [0.5, 0.6) is 0 Å². The smallest absolute Gasteiger partial charge is 0.303 e. The molecule has 0 amide bonds. The minimum Gasteiger partial charge on any atom is -0.303 e. The van der Waals surface area contributed by atoms with Crippen molar-refractivity contribution in [2.24, 2.45) is 11.8 Å². The van der Waals surface area contributed by atoms with Crippen LogP contribution in [0.15, 0.2) is 0 Å². The van der Waals surface area contributed by atoms with Gasteiger partial charge in [-0.25, -0.2) is 4.98 Å². The number of aromatic nitrogens is 1. The molecule has 0 spiro atoms. The molecule has 0 radical (unpaired) electrons. The Hall–Kier alpha value is -1.16. The minimum atomic E-state index is -4.27. The summed E-state index contributed by atoms with van der Waals surface area (Å²) >= 11 is 1.42. The Labute approximate surface area is 194 Å². The molecule has 3 rings (SSSR count). The van der Waals surface area contributed by atoms with E-state index in [0.29, 0.717) is 10.9 Å². The second-order valence-corrected chi connectivity index (χ2v) is 10.6. The van der Waals surface area contributed by atoms with E-state index in [1.165, 1.54) is 11.3 Å². The lowest BCUT2D eigenvalue weighted by atomic mass is 9.78. The first-order valence-corrected chi connectivity index (χ1v) is 12.6. The van der Waals surface area contributed by atoms with E-state index >= 15 is 0 Å². The van der Waals surface area contributed by atoms with Crippen LogP contribution in [0.25, 0.3) is 0 Å². The predicted octanol–water partition coefficient (Wildman–Crippen LogP) is 6.54. The Morgan fingerprint density at radius 3 is 2.24 bits per heavy atom. The molecular formula is C23H32F6N2OS. The van der Waals surface area contributed by atoms with Crippen LogP contribution in [-0.2, 0) is 24.1 Å². The maximum Gasteiger partial charge on any atom is 0.389 e. The zero-order chi connectivity index (χ0) is 24.1. The van der Waals surface area contributed by atoms with Gasteiger partial charge in [0, 0.05) is 50.1 Å². The van der Waals surface area contributed by atoms with Gasteiger partial charge in [0.2, 0.25) is 0 Å². The maximum atomic E-state index is 12.4. The van der Waals surface area contributed by atoms with Crippen LogP contribution in [0.2, 0.25) is 0 Å². The standard InChI is InChI=1S/C23H32F6N2OS/c24-22(25,26)10-5-18(32)15-17-3-1-16(2-4-17)7-12-31-13-8-19-20(9-14-31)33-21(30-19)6-11-23(27,28)29/h16-17H,1-15H2. The zero-order valence-electron chi connectivity index (χ0n) is 18.7. The van der Waals surface area contributed by atoms with Gasteiger partial charge in [0.15, 0.2) is 0 Å². The lowest BCUT2D eigenvalue weighted by molar-refractivity contribution is -0.143. The SMILES string of the molecule is O=C(CCC(F)(F)F)CC1CCC(CCN2CCc3nc(CCC(F)(F)F)sc3CC2)CC1. The third kappa shape index (κ3) is 9.54. The van der Waals surface area contributed by atoms with Gasteiger partial charge in [-0.05, 0) is 44.1 Å². The quantitative estimate of drug-likeness (QED) is 0.363. The first-order chi connectivity index (χ1) is 15.5. The Bertz CT molecular complexity index is 742. The highest BCUT2D eigenvalue weighted by Gasteiger charge is 2.30. The van der Waals surface area contributed by atoms with Crippen LogP contribution in [0.3, 0.4) is 0 Å². The summed E-state index contributed by atoms with van der Waals surface area (Å²) in [6.45, 7) is 2.71. The molecule has 0 atom stereocenters. The van der Waals surface area contributed by atoms with Gasteiger partial charge in [0.05, 0.1) is 17.1 Å². The van der Waals surface area contributed by atoms with Gasteiger partial charge < -0.3 is 4.90 Å². The average Bonchev–Trinajstić information content (AvgIpc) is 3.03. The average molecular weight is 499 g/mol. The molecule has 0 N–H and O–H groups in total. The van der Waals surface area contributed by atoms with E-state index < -0.39 is 31.6 Å². The van der Waals surface area contributed by atoms with E-state index in [2.05, 4.69) is 9.88 Å². The van der Waals surface area contributed by atoms with Gasteiger partial charge in [-0.2, -0.15) is 26.3 Å². The van der Waals surface area contributed by atoms with E-state index in [4.69, 9.17) is 0 Å². The summed E-state index contributed by atoms with van der Waals surface area (Å²) in [5.41, 5.74) is 0.954. The molecular weight excluding hydrogens is 466 g/mol. The summed E-state index contributed by atoms with van der Waals surface area (Å²) in [7, 11) is 0. The minimum absolute atomic E-state index is 0.0402. The zero-order valence-corrected chi connectivity index (χ0v) is 19.6. The molecule has 1 saturated carbocycles. The van der Waals surface area contributed by atoms with Crippen LogP contribution >= 0.6 is 11.3 Å². The number of fused-ring (bicyclic) bond motifs is 1. The fraction of sp³-hybridized carbons (Fsp3) is 0.826. The second kappa shape index (κ2) is 11.5. The molecule has 33 heavy (non-hydrogen) atoms. The molecule has 0 unspecified atom stereocenters. The number of aryl methyl sites for hydroxylation is 1. The molecule has 1 aliphatic heterocycles. The molecule has 0 bridgehead atoms. The van der Waals surface area contributed by atoms with Crippen molar-refractivity contribution in [2.75, 3.05) is 19.6 Å². The van der Waals surface area contributed by atoms with E-state index in [1.54, 1.807) is 0 Å². The molecule has 0 saturated heterocycles. The Kier molecular flexibility index (Phi) is 9.23. The third-order valence-corrected chi connectivity index (χ3v) is 8.01. The summed E-state index contributed by atoms with van der Waals surface area (Å²) in [4.78, 5) is 19.8. The molecule has 1 aliphatic carbocycles. The van der Waals surface area contributed by atoms with Gasteiger partial charge in [0.1, 0.15) is 5.78 Å². The molecule has 1 aromatic rings. The highest BCUT2D eigenvalue weighted by molar-refractivity contribution is 7.11. The summed E-state index contributed by atoms with van der Waals surface area (Å²) in [6.07, 6.45) is -3.93. The van der Waals surface area contributed by atoms with Crippen molar-refractivity contribution in [3.63, 3.8) is 0 Å². The van der Waals surface area contributed by atoms with Crippen molar-refractivity contribution in [1.29, 1.82) is 0 Å². The summed E-state index contributed by atoms with van der Waals surface area (Å²) in [5, 5.41) is 0.583. The number of halogens is 6. The third-order valence-electron chi connectivity index (χ3n) is 6.79. The number of Topliss-reactive ketones (excluding diaryl/α,β-unsaturated/α-hetero) is 1. The number of ketones is 1. The van der Waals surface area contributed by atoms with E-state index in [-0.39, 0.29) is 24.5 Å². The second-order valence-electron chi connectivity index (χ2n) is 9.47. The largest absolute Gasteiger partial charge is 0.389 e. The number of nitrogens with zero attached hydrogens (tertiary/aromatic N) is 2. The number of rotatable bonds is 9. The number of hydrogen-bond acceptors (Lipinski definition) is 4. The number of hydrogen-bond donors (Lipinski definition) is 0. The highest BCUT2D eigenvalue weighted by atomic mass is 32.1. The van der Waals surface area contributed by atoms with E-state index in [9.17, 15) is 31.1 Å². The number of carbonyl (C=O) groups is 1. The molecule has 1 fully saturated rings. The Morgan fingerprint density at radius 1 is 0.939 bits per heavy atom.